The summed E-state index contributed by atoms with van der Waals surface area (Å²) in [4.78, 5) is 11.0. The molecule has 3 atom stereocenters. The second-order valence-electron chi connectivity index (χ2n) is 6.60. The van der Waals surface area contributed by atoms with Crippen molar-refractivity contribution in [2.24, 2.45) is 11.8 Å². The van der Waals surface area contributed by atoms with Crippen LogP contribution in [0.3, 0.4) is 0 Å². The third-order valence-corrected chi connectivity index (χ3v) is 4.77. The first-order valence-electron chi connectivity index (χ1n) is 8.44. The van der Waals surface area contributed by atoms with Crippen molar-refractivity contribution in [3.8, 4) is 5.75 Å². The van der Waals surface area contributed by atoms with E-state index in [-0.39, 0.29) is 5.92 Å². The van der Waals surface area contributed by atoms with Crippen LogP contribution in [0, 0.1) is 25.7 Å². The van der Waals surface area contributed by atoms with Crippen LogP contribution in [-0.4, -0.2) is 17.7 Å². The average Bonchev–Trinajstić information content (AvgIpc) is 3.22. The maximum absolute atomic E-state index is 11.0. The Morgan fingerprint density at radius 3 is 2.41 bits per heavy atom. The minimum Gasteiger partial charge on any atom is -0.494 e. The molecule has 3 nitrogen and oxygen atoms in total. The van der Waals surface area contributed by atoms with Crippen molar-refractivity contribution < 1.29 is 14.6 Å². The molecule has 0 amide bonds. The van der Waals surface area contributed by atoms with Crippen molar-refractivity contribution in [2.45, 2.75) is 59.3 Å². The van der Waals surface area contributed by atoms with Gasteiger partial charge in [0.2, 0.25) is 0 Å². The largest absolute Gasteiger partial charge is 0.494 e. The average molecular weight is 304 g/mol. The highest BCUT2D eigenvalue weighted by Crippen LogP contribution is 2.47. The summed E-state index contributed by atoms with van der Waals surface area (Å²) >= 11 is 0. The van der Waals surface area contributed by atoms with Gasteiger partial charge in [-0.2, -0.15) is 0 Å². The molecular formula is C19H28O3. The van der Waals surface area contributed by atoms with Gasteiger partial charge in [-0.15, -0.1) is 0 Å². The number of aryl methyl sites for hydroxylation is 2. The number of carbonyl (C=O) groups is 1. The van der Waals surface area contributed by atoms with E-state index >= 15 is 0 Å². The Kier molecular flexibility index (Phi) is 5.49. The van der Waals surface area contributed by atoms with Crippen LogP contribution in [0.15, 0.2) is 12.1 Å². The van der Waals surface area contributed by atoms with Crippen LogP contribution in [0.1, 0.15) is 62.1 Å². The van der Waals surface area contributed by atoms with Crippen LogP contribution < -0.4 is 4.74 Å². The van der Waals surface area contributed by atoms with Crippen LogP contribution in [0.4, 0.5) is 0 Å². The fourth-order valence-corrected chi connectivity index (χ4v) is 3.55. The molecule has 3 heteroatoms. The lowest BCUT2D eigenvalue weighted by atomic mass is 9.85. The fraction of sp³-hybridized carbons (Fsp3) is 0.632. The van der Waals surface area contributed by atoms with Gasteiger partial charge < -0.3 is 9.84 Å². The smallest absolute Gasteiger partial charge is 0.306 e. The van der Waals surface area contributed by atoms with Gasteiger partial charge in [0.25, 0.3) is 0 Å². The molecule has 0 aromatic heterocycles. The van der Waals surface area contributed by atoms with Crippen molar-refractivity contribution in [1.29, 1.82) is 0 Å². The zero-order valence-electron chi connectivity index (χ0n) is 14.2. The summed E-state index contributed by atoms with van der Waals surface area (Å²) in [6, 6.07) is 4.25. The van der Waals surface area contributed by atoms with E-state index < -0.39 is 5.97 Å². The minimum atomic E-state index is -0.628. The normalized spacial score (nSPS) is 21.5. The molecule has 22 heavy (non-hydrogen) atoms. The van der Waals surface area contributed by atoms with Crippen LogP contribution in [0.5, 0.6) is 5.75 Å². The van der Waals surface area contributed by atoms with Gasteiger partial charge in [-0.05, 0) is 80.2 Å². The van der Waals surface area contributed by atoms with Gasteiger partial charge >= 0.3 is 5.97 Å². The standard InChI is InChI=1S/C19H28O3/c1-5-7-22-16-8-12(3)18(13(4)9-16)14(6-2)10-15-11-17(15)19(20)21/h8-9,14-15,17H,5-7,10-11H2,1-4H3,(H,20,21). The molecule has 0 spiro atoms. The number of aliphatic carboxylic acids is 1. The third kappa shape index (κ3) is 3.82. The molecule has 2 rings (SSSR count). The highest BCUT2D eigenvalue weighted by molar-refractivity contribution is 5.73. The van der Waals surface area contributed by atoms with Gasteiger partial charge in [0, 0.05) is 0 Å². The number of hydrogen-bond donors (Lipinski definition) is 1. The summed E-state index contributed by atoms with van der Waals surface area (Å²) in [5.41, 5.74) is 3.93. The third-order valence-electron chi connectivity index (χ3n) is 4.77. The van der Waals surface area contributed by atoms with Gasteiger partial charge in [0.1, 0.15) is 5.75 Å². The van der Waals surface area contributed by atoms with E-state index in [4.69, 9.17) is 9.84 Å². The Hall–Kier alpha value is -1.51. The fourth-order valence-electron chi connectivity index (χ4n) is 3.55. The van der Waals surface area contributed by atoms with Crippen LogP contribution in [-0.2, 0) is 4.79 Å². The Morgan fingerprint density at radius 2 is 1.95 bits per heavy atom. The lowest BCUT2D eigenvalue weighted by Crippen LogP contribution is -2.07. The molecule has 1 fully saturated rings. The first kappa shape index (κ1) is 16.9. The van der Waals surface area contributed by atoms with Crippen molar-refractivity contribution in [3.63, 3.8) is 0 Å². The zero-order chi connectivity index (χ0) is 16.3. The van der Waals surface area contributed by atoms with E-state index in [0.29, 0.717) is 11.8 Å². The second kappa shape index (κ2) is 7.17. The second-order valence-corrected chi connectivity index (χ2v) is 6.60. The molecule has 0 radical (unpaired) electrons. The van der Waals surface area contributed by atoms with E-state index in [1.165, 1.54) is 16.7 Å². The van der Waals surface area contributed by atoms with Crippen molar-refractivity contribution in [2.75, 3.05) is 6.61 Å². The summed E-state index contributed by atoms with van der Waals surface area (Å²) in [7, 11) is 0. The molecule has 122 valence electrons. The molecule has 0 aliphatic heterocycles. The molecule has 1 saturated carbocycles. The highest BCUT2D eigenvalue weighted by Gasteiger charge is 2.44. The Labute approximate surface area is 133 Å². The van der Waals surface area contributed by atoms with E-state index in [0.717, 1.165) is 38.0 Å². The molecule has 1 aromatic carbocycles. The molecule has 0 bridgehead atoms. The Bertz CT molecular complexity index is 512. The SMILES string of the molecule is CCCOc1cc(C)c(C(CC)CC2CC2C(=O)O)c(C)c1. The number of ether oxygens (including phenoxy) is 1. The topological polar surface area (TPSA) is 46.5 Å². The Morgan fingerprint density at radius 1 is 1.32 bits per heavy atom. The lowest BCUT2D eigenvalue weighted by molar-refractivity contribution is -0.138. The van der Waals surface area contributed by atoms with Crippen LogP contribution >= 0.6 is 0 Å². The molecule has 0 saturated heterocycles. The van der Waals surface area contributed by atoms with Gasteiger partial charge in [0.15, 0.2) is 0 Å². The summed E-state index contributed by atoms with van der Waals surface area (Å²) < 4.78 is 5.75. The maximum atomic E-state index is 11.0. The summed E-state index contributed by atoms with van der Waals surface area (Å²) in [6.07, 6.45) is 3.90. The molecule has 1 aliphatic carbocycles. The Balaban J connectivity index is 2.13. The molecule has 3 unspecified atom stereocenters. The van der Waals surface area contributed by atoms with Gasteiger partial charge in [-0.1, -0.05) is 13.8 Å². The van der Waals surface area contributed by atoms with Gasteiger partial charge in [-0.3, -0.25) is 4.79 Å². The van der Waals surface area contributed by atoms with Crippen LogP contribution in [0.25, 0.3) is 0 Å². The summed E-state index contributed by atoms with van der Waals surface area (Å²) in [5.74, 6) is 1.02. The number of rotatable bonds is 8. The van der Waals surface area contributed by atoms with Crippen LogP contribution in [0.2, 0.25) is 0 Å². The van der Waals surface area contributed by atoms with E-state index in [1.807, 2.05) is 0 Å². The lowest BCUT2D eigenvalue weighted by Gasteiger charge is -2.21. The number of benzene rings is 1. The molecular weight excluding hydrogens is 276 g/mol. The van der Waals surface area contributed by atoms with Crippen molar-refractivity contribution in [3.05, 3.63) is 28.8 Å². The maximum Gasteiger partial charge on any atom is 0.306 e. The van der Waals surface area contributed by atoms with Gasteiger partial charge in [0.05, 0.1) is 12.5 Å². The van der Waals surface area contributed by atoms with E-state index in [2.05, 4.69) is 39.8 Å². The predicted octanol–water partition coefficient (Wildman–Crippen LogP) is 4.70. The van der Waals surface area contributed by atoms with Crippen molar-refractivity contribution in [1.82, 2.24) is 0 Å². The minimum absolute atomic E-state index is 0.109. The monoisotopic (exact) mass is 304 g/mol. The first-order valence-corrected chi connectivity index (χ1v) is 8.44. The summed E-state index contributed by atoms with van der Waals surface area (Å²) in [5, 5.41) is 9.09. The first-order chi connectivity index (χ1) is 10.5. The molecule has 0 heterocycles. The molecule has 1 aliphatic rings. The summed E-state index contributed by atoms with van der Waals surface area (Å²) in [6.45, 7) is 9.34. The number of carboxylic acids is 1. The van der Waals surface area contributed by atoms with E-state index in [1.54, 1.807) is 0 Å². The number of hydrogen-bond acceptors (Lipinski definition) is 2. The highest BCUT2D eigenvalue weighted by atomic mass is 16.5. The number of carboxylic acid groups (broad SMARTS) is 1. The quantitative estimate of drug-likeness (QED) is 0.757. The predicted molar refractivity (Wildman–Crippen MR) is 88.6 cm³/mol. The molecule has 1 N–H and O–H groups in total. The van der Waals surface area contributed by atoms with Crippen molar-refractivity contribution >= 4 is 5.97 Å². The van der Waals surface area contributed by atoms with Gasteiger partial charge in [-0.25, -0.2) is 0 Å². The molecule has 1 aromatic rings. The zero-order valence-corrected chi connectivity index (χ0v) is 14.2. The van der Waals surface area contributed by atoms with E-state index in [9.17, 15) is 4.79 Å².